The molecule has 3 rings (SSSR count). The fourth-order valence-electron chi connectivity index (χ4n) is 1.98. The molecule has 0 aliphatic rings. The van der Waals surface area contributed by atoms with Crippen molar-refractivity contribution in [3.05, 3.63) is 64.9 Å². The summed E-state index contributed by atoms with van der Waals surface area (Å²) in [7, 11) is 1.33. The number of hydrogen-bond donors (Lipinski definition) is 0. The molecule has 0 fully saturated rings. The molecule has 0 aliphatic carbocycles. The van der Waals surface area contributed by atoms with Crippen LogP contribution in [-0.4, -0.2) is 23.2 Å². The van der Waals surface area contributed by atoms with E-state index in [1.807, 2.05) is 0 Å². The molecular formula is C17H13ClN2O4. The lowest BCUT2D eigenvalue weighted by Crippen LogP contribution is -2.01. The molecular weight excluding hydrogens is 332 g/mol. The predicted octanol–water partition coefficient (Wildman–Crippen LogP) is 3.76. The van der Waals surface area contributed by atoms with Crippen molar-refractivity contribution in [2.45, 2.75) is 6.61 Å². The van der Waals surface area contributed by atoms with Crippen molar-refractivity contribution in [1.29, 1.82) is 0 Å². The molecule has 1 aromatic heterocycles. The van der Waals surface area contributed by atoms with E-state index < -0.39 is 5.97 Å². The Bertz CT molecular complexity index is 829. The minimum absolute atomic E-state index is 0.147. The van der Waals surface area contributed by atoms with E-state index in [9.17, 15) is 4.79 Å². The summed E-state index contributed by atoms with van der Waals surface area (Å²) in [6, 6.07) is 13.7. The number of rotatable bonds is 5. The van der Waals surface area contributed by atoms with Crippen LogP contribution in [0.2, 0.25) is 5.02 Å². The Morgan fingerprint density at radius 3 is 2.50 bits per heavy atom. The lowest BCUT2D eigenvalue weighted by atomic mass is 10.2. The van der Waals surface area contributed by atoms with Gasteiger partial charge >= 0.3 is 5.97 Å². The normalized spacial score (nSPS) is 10.4. The van der Waals surface area contributed by atoms with Crippen LogP contribution in [0.3, 0.4) is 0 Å². The largest absolute Gasteiger partial charge is 0.485 e. The maximum atomic E-state index is 11.4. The van der Waals surface area contributed by atoms with Crippen molar-refractivity contribution in [2.24, 2.45) is 0 Å². The molecule has 24 heavy (non-hydrogen) atoms. The molecule has 0 saturated carbocycles. The van der Waals surface area contributed by atoms with Gasteiger partial charge in [-0.1, -0.05) is 16.8 Å². The van der Waals surface area contributed by atoms with Gasteiger partial charge in [0.05, 0.1) is 12.7 Å². The number of carbonyl (C=O) groups is 1. The molecule has 6 nitrogen and oxygen atoms in total. The molecule has 0 N–H and O–H groups in total. The van der Waals surface area contributed by atoms with Gasteiger partial charge in [-0.05, 0) is 48.5 Å². The van der Waals surface area contributed by atoms with Crippen LogP contribution in [0.25, 0.3) is 11.5 Å². The number of halogens is 1. The summed E-state index contributed by atoms with van der Waals surface area (Å²) in [5.41, 5.74) is 1.23. The van der Waals surface area contributed by atoms with Gasteiger partial charge in [0.15, 0.2) is 6.61 Å². The smallest absolute Gasteiger partial charge is 0.337 e. The van der Waals surface area contributed by atoms with Gasteiger partial charge in [0, 0.05) is 10.6 Å². The maximum absolute atomic E-state index is 11.4. The van der Waals surface area contributed by atoms with Crippen LogP contribution < -0.4 is 4.74 Å². The van der Waals surface area contributed by atoms with Crippen molar-refractivity contribution in [3.63, 3.8) is 0 Å². The molecule has 0 atom stereocenters. The van der Waals surface area contributed by atoms with Crippen molar-refractivity contribution in [2.75, 3.05) is 7.11 Å². The van der Waals surface area contributed by atoms with Gasteiger partial charge in [0.2, 0.25) is 5.82 Å². The third-order valence-corrected chi connectivity index (χ3v) is 3.45. The van der Waals surface area contributed by atoms with E-state index in [4.69, 9.17) is 20.9 Å². The average Bonchev–Trinajstić information content (AvgIpc) is 3.09. The average molecular weight is 345 g/mol. The highest BCUT2D eigenvalue weighted by atomic mass is 35.5. The second-order valence-corrected chi connectivity index (χ2v) is 5.26. The van der Waals surface area contributed by atoms with Crippen molar-refractivity contribution in [3.8, 4) is 17.2 Å². The van der Waals surface area contributed by atoms with Gasteiger partial charge in [-0.25, -0.2) is 4.79 Å². The molecule has 7 heteroatoms. The number of benzene rings is 2. The summed E-state index contributed by atoms with van der Waals surface area (Å²) in [6.07, 6.45) is 0. The minimum atomic E-state index is -0.396. The summed E-state index contributed by atoms with van der Waals surface area (Å²) in [5.74, 6) is 0.996. The SMILES string of the molecule is COC(=O)c1ccc(OCc2noc(-c3ccc(Cl)cc3)n2)cc1. The highest BCUT2D eigenvalue weighted by Crippen LogP contribution is 2.20. The Labute approximate surface area is 143 Å². The summed E-state index contributed by atoms with van der Waals surface area (Å²) < 4.78 is 15.4. The zero-order chi connectivity index (χ0) is 16.9. The Morgan fingerprint density at radius 2 is 1.83 bits per heavy atom. The monoisotopic (exact) mass is 344 g/mol. The van der Waals surface area contributed by atoms with Crippen LogP contribution in [0.4, 0.5) is 0 Å². The number of hydrogen-bond acceptors (Lipinski definition) is 6. The third-order valence-electron chi connectivity index (χ3n) is 3.20. The van der Waals surface area contributed by atoms with Gasteiger partial charge in [-0.3, -0.25) is 0 Å². The second kappa shape index (κ2) is 7.14. The fourth-order valence-corrected chi connectivity index (χ4v) is 2.10. The van der Waals surface area contributed by atoms with E-state index >= 15 is 0 Å². The fraction of sp³-hybridized carbons (Fsp3) is 0.118. The van der Waals surface area contributed by atoms with E-state index in [2.05, 4.69) is 14.9 Å². The molecule has 122 valence electrons. The van der Waals surface area contributed by atoms with Crippen molar-refractivity contribution >= 4 is 17.6 Å². The maximum Gasteiger partial charge on any atom is 0.337 e. The number of methoxy groups -OCH3 is 1. The molecule has 2 aromatic carbocycles. The van der Waals surface area contributed by atoms with Gasteiger partial charge in [0.25, 0.3) is 5.89 Å². The Balaban J connectivity index is 1.63. The Kier molecular flexibility index (Phi) is 4.77. The number of carbonyl (C=O) groups excluding carboxylic acids is 1. The van der Waals surface area contributed by atoms with Gasteiger partial charge in [-0.2, -0.15) is 4.98 Å². The van der Waals surface area contributed by atoms with E-state index in [0.717, 1.165) is 5.56 Å². The number of nitrogens with zero attached hydrogens (tertiary/aromatic N) is 2. The first-order chi connectivity index (χ1) is 11.7. The molecule has 1 heterocycles. The summed E-state index contributed by atoms with van der Waals surface area (Å²) in [6.45, 7) is 0.147. The zero-order valence-electron chi connectivity index (χ0n) is 12.7. The van der Waals surface area contributed by atoms with Gasteiger partial charge < -0.3 is 14.0 Å². The van der Waals surface area contributed by atoms with Crippen LogP contribution >= 0.6 is 11.6 Å². The number of esters is 1. The van der Waals surface area contributed by atoms with Crippen LogP contribution in [0, 0.1) is 0 Å². The van der Waals surface area contributed by atoms with E-state index in [1.165, 1.54) is 7.11 Å². The standard InChI is InChI=1S/C17H13ClN2O4/c1-22-17(21)12-4-8-14(9-5-12)23-10-15-19-16(24-20-15)11-2-6-13(18)7-3-11/h2-9H,10H2,1H3. The molecule has 0 spiro atoms. The highest BCUT2D eigenvalue weighted by Gasteiger charge is 2.10. The van der Waals surface area contributed by atoms with E-state index in [-0.39, 0.29) is 6.61 Å². The predicted molar refractivity (Wildman–Crippen MR) is 86.9 cm³/mol. The quantitative estimate of drug-likeness (QED) is 0.656. The molecule has 0 aliphatic heterocycles. The lowest BCUT2D eigenvalue weighted by molar-refractivity contribution is 0.0600. The molecule has 0 amide bonds. The van der Waals surface area contributed by atoms with Crippen LogP contribution in [-0.2, 0) is 11.3 Å². The van der Waals surface area contributed by atoms with E-state index in [0.29, 0.717) is 28.1 Å². The number of aromatic nitrogens is 2. The van der Waals surface area contributed by atoms with Crippen molar-refractivity contribution < 1.29 is 18.8 Å². The van der Waals surface area contributed by atoms with Gasteiger partial charge in [-0.15, -0.1) is 0 Å². The van der Waals surface area contributed by atoms with Crippen LogP contribution in [0.5, 0.6) is 5.75 Å². The zero-order valence-corrected chi connectivity index (χ0v) is 13.5. The molecule has 0 unspecified atom stereocenters. The first-order valence-corrected chi connectivity index (χ1v) is 7.43. The second-order valence-electron chi connectivity index (χ2n) is 4.83. The molecule has 0 bridgehead atoms. The van der Waals surface area contributed by atoms with Crippen LogP contribution in [0.1, 0.15) is 16.2 Å². The Hall–Kier alpha value is -2.86. The first kappa shape index (κ1) is 16.0. The topological polar surface area (TPSA) is 74.5 Å². The third kappa shape index (κ3) is 3.72. The van der Waals surface area contributed by atoms with Gasteiger partial charge in [0.1, 0.15) is 5.75 Å². The highest BCUT2D eigenvalue weighted by molar-refractivity contribution is 6.30. The molecule has 0 saturated heterocycles. The van der Waals surface area contributed by atoms with Crippen molar-refractivity contribution in [1.82, 2.24) is 10.1 Å². The minimum Gasteiger partial charge on any atom is -0.485 e. The Morgan fingerprint density at radius 1 is 1.12 bits per heavy atom. The first-order valence-electron chi connectivity index (χ1n) is 7.05. The van der Waals surface area contributed by atoms with E-state index in [1.54, 1.807) is 48.5 Å². The van der Waals surface area contributed by atoms with Crippen LogP contribution in [0.15, 0.2) is 53.1 Å². The summed E-state index contributed by atoms with van der Waals surface area (Å²) >= 11 is 5.85. The summed E-state index contributed by atoms with van der Waals surface area (Å²) in [5, 5.41) is 4.51. The molecule has 0 radical (unpaired) electrons. The molecule has 3 aromatic rings. The number of ether oxygens (including phenoxy) is 2. The summed E-state index contributed by atoms with van der Waals surface area (Å²) in [4.78, 5) is 15.6. The lowest BCUT2D eigenvalue weighted by Gasteiger charge is -2.04.